The molecule has 3 rings (SSSR count). The number of thioether (sulfide) groups is 1. The van der Waals surface area contributed by atoms with Crippen LogP contribution in [0.4, 0.5) is 5.69 Å². The second-order valence-corrected chi connectivity index (χ2v) is 6.54. The van der Waals surface area contributed by atoms with E-state index < -0.39 is 0 Å². The first-order valence-electron chi connectivity index (χ1n) is 7.08. The second kappa shape index (κ2) is 7.40. The quantitative estimate of drug-likeness (QED) is 0.485. The van der Waals surface area contributed by atoms with Crippen molar-refractivity contribution in [1.29, 1.82) is 0 Å². The molecular weight excluding hydrogens is 328 g/mol. The molecule has 0 amide bonds. The number of phenolic OH excluding ortho intramolecular Hbond substituents is 1. The van der Waals surface area contributed by atoms with Gasteiger partial charge < -0.3 is 10.4 Å². The fourth-order valence-corrected chi connectivity index (χ4v) is 3.26. The van der Waals surface area contributed by atoms with Crippen LogP contribution in [0, 0.1) is 0 Å². The van der Waals surface area contributed by atoms with Gasteiger partial charge in [0.15, 0.2) is 0 Å². The molecule has 23 heavy (non-hydrogen) atoms. The smallest absolute Gasteiger partial charge is 0.115 e. The Morgan fingerprint density at radius 2 is 1.74 bits per heavy atom. The van der Waals surface area contributed by atoms with E-state index in [1.54, 1.807) is 36.3 Å². The summed E-state index contributed by atoms with van der Waals surface area (Å²) in [5.74, 6) is 0.255. The van der Waals surface area contributed by atoms with Gasteiger partial charge in [0.1, 0.15) is 11.1 Å². The number of phenols is 1. The number of nitrogens with one attached hydrogen (secondary N) is 1. The standard InChI is InChI=1S/C18H15ClN2OS/c19-14-5-9-17(10-6-14)23-18(13-3-7-16(22)8-4-13)21-15-2-1-11-20-12-15/h1-12,18,21-22H. The molecule has 1 heterocycles. The minimum absolute atomic E-state index is 0.0130. The summed E-state index contributed by atoms with van der Waals surface area (Å²) in [7, 11) is 0. The van der Waals surface area contributed by atoms with Crippen molar-refractivity contribution < 1.29 is 5.11 Å². The van der Waals surface area contributed by atoms with E-state index in [1.807, 2.05) is 48.5 Å². The van der Waals surface area contributed by atoms with Crippen LogP contribution in [0.3, 0.4) is 0 Å². The Balaban J connectivity index is 1.86. The Bertz CT molecular complexity index is 748. The zero-order valence-electron chi connectivity index (χ0n) is 12.2. The summed E-state index contributed by atoms with van der Waals surface area (Å²) in [5.41, 5.74) is 2.00. The maximum atomic E-state index is 9.50. The van der Waals surface area contributed by atoms with Gasteiger partial charge in [-0.1, -0.05) is 35.5 Å². The molecular formula is C18H15ClN2OS. The van der Waals surface area contributed by atoms with Gasteiger partial charge in [0.2, 0.25) is 0 Å². The fraction of sp³-hybridized carbons (Fsp3) is 0.0556. The molecule has 2 N–H and O–H groups in total. The second-order valence-electron chi connectivity index (χ2n) is 4.93. The minimum Gasteiger partial charge on any atom is -0.508 e. The van der Waals surface area contributed by atoms with E-state index in [0.29, 0.717) is 0 Å². The highest BCUT2D eigenvalue weighted by molar-refractivity contribution is 7.99. The number of hydrogen-bond acceptors (Lipinski definition) is 4. The number of pyridine rings is 1. The first-order valence-corrected chi connectivity index (χ1v) is 8.34. The van der Waals surface area contributed by atoms with Crippen LogP contribution in [0.15, 0.2) is 78.0 Å². The monoisotopic (exact) mass is 342 g/mol. The number of nitrogens with zero attached hydrogens (tertiary/aromatic N) is 1. The van der Waals surface area contributed by atoms with E-state index in [2.05, 4.69) is 10.3 Å². The number of benzene rings is 2. The van der Waals surface area contributed by atoms with Crippen LogP contribution in [0.2, 0.25) is 5.02 Å². The molecule has 0 spiro atoms. The highest BCUT2D eigenvalue weighted by Crippen LogP contribution is 2.36. The normalized spacial score (nSPS) is 11.9. The first kappa shape index (κ1) is 15.7. The molecule has 0 bridgehead atoms. The molecule has 1 aromatic heterocycles. The molecule has 5 heteroatoms. The van der Waals surface area contributed by atoms with Crippen molar-refractivity contribution in [2.45, 2.75) is 10.3 Å². The maximum absolute atomic E-state index is 9.50. The largest absolute Gasteiger partial charge is 0.508 e. The number of rotatable bonds is 5. The van der Waals surface area contributed by atoms with Crippen molar-refractivity contribution in [3.8, 4) is 5.75 Å². The van der Waals surface area contributed by atoms with Gasteiger partial charge in [-0.05, 0) is 54.1 Å². The van der Waals surface area contributed by atoms with Gasteiger partial charge in [-0.25, -0.2) is 0 Å². The molecule has 0 fully saturated rings. The van der Waals surface area contributed by atoms with Crippen LogP contribution in [0.5, 0.6) is 5.75 Å². The number of halogens is 1. The summed E-state index contributed by atoms with van der Waals surface area (Å²) in [6.07, 6.45) is 3.53. The van der Waals surface area contributed by atoms with Crippen LogP contribution in [-0.4, -0.2) is 10.1 Å². The predicted molar refractivity (Wildman–Crippen MR) is 96.0 cm³/mol. The Kier molecular flexibility index (Phi) is 5.05. The first-order chi connectivity index (χ1) is 11.2. The Hall–Kier alpha value is -2.17. The summed E-state index contributed by atoms with van der Waals surface area (Å²) in [4.78, 5) is 5.24. The molecule has 0 aliphatic rings. The van der Waals surface area contributed by atoms with Crippen LogP contribution in [-0.2, 0) is 0 Å². The van der Waals surface area contributed by atoms with E-state index in [9.17, 15) is 5.11 Å². The van der Waals surface area contributed by atoms with Gasteiger partial charge in [0.25, 0.3) is 0 Å². The van der Waals surface area contributed by atoms with Gasteiger partial charge in [-0.15, -0.1) is 0 Å². The average molecular weight is 343 g/mol. The topological polar surface area (TPSA) is 45.1 Å². The van der Waals surface area contributed by atoms with Crippen molar-refractivity contribution >= 4 is 29.1 Å². The van der Waals surface area contributed by atoms with Gasteiger partial charge in [-0.3, -0.25) is 4.98 Å². The van der Waals surface area contributed by atoms with Gasteiger partial charge in [-0.2, -0.15) is 0 Å². The maximum Gasteiger partial charge on any atom is 0.115 e. The molecule has 0 radical (unpaired) electrons. The fourth-order valence-electron chi connectivity index (χ4n) is 2.08. The molecule has 116 valence electrons. The number of aromatic nitrogens is 1. The molecule has 0 saturated carbocycles. The number of anilines is 1. The third kappa shape index (κ3) is 4.41. The van der Waals surface area contributed by atoms with Crippen LogP contribution in [0.25, 0.3) is 0 Å². The van der Waals surface area contributed by atoms with E-state index in [0.717, 1.165) is 21.2 Å². The van der Waals surface area contributed by atoms with Gasteiger partial charge >= 0.3 is 0 Å². The van der Waals surface area contributed by atoms with Crippen LogP contribution in [0.1, 0.15) is 10.9 Å². The van der Waals surface area contributed by atoms with E-state index >= 15 is 0 Å². The van der Waals surface area contributed by atoms with Gasteiger partial charge in [0.05, 0.1) is 5.69 Å². The van der Waals surface area contributed by atoms with E-state index in [-0.39, 0.29) is 11.1 Å². The molecule has 1 atom stereocenters. The van der Waals surface area contributed by atoms with Crippen molar-refractivity contribution in [2.24, 2.45) is 0 Å². The van der Waals surface area contributed by atoms with Gasteiger partial charge in [0, 0.05) is 22.3 Å². The summed E-state index contributed by atoms with van der Waals surface area (Å²) in [5, 5.41) is 13.7. The van der Waals surface area contributed by atoms with Crippen LogP contribution < -0.4 is 5.32 Å². The lowest BCUT2D eigenvalue weighted by molar-refractivity contribution is 0.475. The third-order valence-corrected chi connectivity index (χ3v) is 4.64. The minimum atomic E-state index is -0.0130. The highest BCUT2D eigenvalue weighted by Gasteiger charge is 2.13. The molecule has 1 unspecified atom stereocenters. The molecule has 2 aromatic carbocycles. The predicted octanol–water partition coefficient (Wildman–Crippen LogP) is 5.34. The Morgan fingerprint density at radius 1 is 1.00 bits per heavy atom. The van der Waals surface area contributed by atoms with Crippen molar-refractivity contribution in [1.82, 2.24) is 4.98 Å². The molecule has 0 saturated heterocycles. The molecule has 0 aliphatic carbocycles. The van der Waals surface area contributed by atoms with E-state index in [1.165, 1.54) is 0 Å². The Morgan fingerprint density at radius 3 is 2.39 bits per heavy atom. The number of aromatic hydroxyl groups is 1. The van der Waals surface area contributed by atoms with Crippen molar-refractivity contribution in [2.75, 3.05) is 5.32 Å². The summed E-state index contributed by atoms with van der Waals surface area (Å²) >= 11 is 7.62. The summed E-state index contributed by atoms with van der Waals surface area (Å²) < 4.78 is 0. The number of hydrogen-bond donors (Lipinski definition) is 2. The van der Waals surface area contributed by atoms with E-state index in [4.69, 9.17) is 11.6 Å². The lowest BCUT2D eigenvalue weighted by atomic mass is 10.2. The highest BCUT2D eigenvalue weighted by atomic mass is 35.5. The third-order valence-electron chi connectivity index (χ3n) is 3.22. The summed E-state index contributed by atoms with van der Waals surface area (Å²) in [6, 6.07) is 18.8. The zero-order valence-corrected chi connectivity index (χ0v) is 13.8. The average Bonchev–Trinajstić information content (AvgIpc) is 2.58. The lowest BCUT2D eigenvalue weighted by Gasteiger charge is -2.20. The SMILES string of the molecule is Oc1ccc(C(Nc2cccnc2)Sc2ccc(Cl)cc2)cc1. The zero-order chi connectivity index (χ0) is 16.1. The Labute approximate surface area is 144 Å². The summed E-state index contributed by atoms with van der Waals surface area (Å²) in [6.45, 7) is 0. The molecule has 3 nitrogen and oxygen atoms in total. The van der Waals surface area contributed by atoms with Crippen LogP contribution >= 0.6 is 23.4 Å². The molecule has 3 aromatic rings. The van der Waals surface area contributed by atoms with Crippen molar-refractivity contribution in [3.63, 3.8) is 0 Å². The lowest BCUT2D eigenvalue weighted by Crippen LogP contribution is -2.07. The molecule has 0 aliphatic heterocycles. The van der Waals surface area contributed by atoms with Crippen molar-refractivity contribution in [3.05, 3.63) is 83.6 Å².